The van der Waals surface area contributed by atoms with Crippen molar-refractivity contribution in [2.45, 2.75) is 64.9 Å². The Bertz CT molecular complexity index is 559. The largest absolute Gasteiger partial charge is 0.388 e. The first-order chi connectivity index (χ1) is 12.1. The van der Waals surface area contributed by atoms with E-state index in [-0.39, 0.29) is 0 Å². The van der Waals surface area contributed by atoms with E-state index in [0.717, 1.165) is 38.0 Å². The van der Waals surface area contributed by atoms with Gasteiger partial charge in [0.15, 0.2) is 0 Å². The normalized spacial score (nSPS) is 20.5. The molecule has 2 nitrogen and oxygen atoms in total. The van der Waals surface area contributed by atoms with Crippen LogP contribution in [0.25, 0.3) is 0 Å². The third-order valence-electron chi connectivity index (χ3n) is 5.06. The zero-order valence-electron chi connectivity index (χ0n) is 16.0. The van der Waals surface area contributed by atoms with Crippen LogP contribution in [-0.2, 0) is 4.74 Å². The van der Waals surface area contributed by atoms with E-state index >= 15 is 0 Å². The van der Waals surface area contributed by atoms with Gasteiger partial charge in [0.05, 0.1) is 19.3 Å². The molecule has 1 fully saturated rings. The van der Waals surface area contributed by atoms with Gasteiger partial charge >= 0.3 is 0 Å². The second kappa shape index (κ2) is 10.6. The first-order valence-electron chi connectivity index (χ1n) is 9.77. The minimum Gasteiger partial charge on any atom is -0.388 e. The highest BCUT2D eigenvalue weighted by Crippen LogP contribution is 2.35. The molecule has 2 unspecified atom stereocenters. The molecule has 1 aromatic rings. The quantitative estimate of drug-likeness (QED) is 0.418. The van der Waals surface area contributed by atoms with E-state index < -0.39 is 6.10 Å². The van der Waals surface area contributed by atoms with Gasteiger partial charge in [-0.3, -0.25) is 0 Å². The maximum absolute atomic E-state index is 10.6. The van der Waals surface area contributed by atoms with Crippen molar-refractivity contribution in [1.29, 1.82) is 0 Å². The Morgan fingerprint density at radius 3 is 2.68 bits per heavy atom. The lowest BCUT2D eigenvalue weighted by Gasteiger charge is -2.20. The maximum Gasteiger partial charge on any atom is 0.0796 e. The van der Waals surface area contributed by atoms with Crippen LogP contribution in [0.1, 0.15) is 70.5 Å². The van der Waals surface area contributed by atoms with Gasteiger partial charge in [-0.05, 0) is 43.7 Å². The van der Waals surface area contributed by atoms with Crippen LogP contribution in [0.4, 0.5) is 0 Å². The van der Waals surface area contributed by atoms with Gasteiger partial charge in [0.25, 0.3) is 0 Å². The van der Waals surface area contributed by atoms with Crippen molar-refractivity contribution in [1.82, 2.24) is 0 Å². The number of hydrogen-bond donors (Lipinski definition) is 1. The number of aliphatic hydroxyl groups excluding tert-OH is 1. The second-order valence-corrected chi connectivity index (χ2v) is 7.45. The molecule has 2 rings (SSSR count). The molecule has 0 amide bonds. The Labute approximate surface area is 153 Å². The summed E-state index contributed by atoms with van der Waals surface area (Å²) in [6.45, 7) is 9.93. The van der Waals surface area contributed by atoms with Crippen LogP contribution in [0.2, 0.25) is 0 Å². The van der Waals surface area contributed by atoms with Crippen molar-refractivity contribution in [2.75, 3.05) is 13.2 Å². The summed E-state index contributed by atoms with van der Waals surface area (Å²) in [6, 6.07) is 9.97. The van der Waals surface area contributed by atoms with Crippen LogP contribution in [0, 0.1) is 5.92 Å². The van der Waals surface area contributed by atoms with E-state index in [9.17, 15) is 5.11 Å². The van der Waals surface area contributed by atoms with Crippen molar-refractivity contribution in [3.63, 3.8) is 0 Å². The summed E-state index contributed by atoms with van der Waals surface area (Å²) in [5.74, 6) is 0.329. The minimum absolute atomic E-state index is 0.329. The van der Waals surface area contributed by atoms with Crippen molar-refractivity contribution in [3.8, 4) is 0 Å². The summed E-state index contributed by atoms with van der Waals surface area (Å²) >= 11 is 0. The van der Waals surface area contributed by atoms with E-state index in [2.05, 4.69) is 20.4 Å². The molecule has 1 aliphatic heterocycles. The maximum atomic E-state index is 10.6. The SMILES string of the molecule is C=C(C)C/C(CCCCCC)=C1\COCC1CC(O)c1ccccc1. The number of allylic oxidation sites excluding steroid dienone is 2. The molecule has 1 heterocycles. The van der Waals surface area contributed by atoms with E-state index in [1.54, 1.807) is 0 Å². The first-order valence-corrected chi connectivity index (χ1v) is 9.77. The summed E-state index contributed by atoms with van der Waals surface area (Å²) < 4.78 is 5.80. The van der Waals surface area contributed by atoms with Gasteiger partial charge in [0.1, 0.15) is 0 Å². The van der Waals surface area contributed by atoms with Gasteiger partial charge in [0.2, 0.25) is 0 Å². The van der Waals surface area contributed by atoms with E-state index in [1.807, 2.05) is 30.3 Å². The molecule has 138 valence electrons. The lowest BCUT2D eigenvalue weighted by molar-refractivity contribution is 0.131. The number of unbranched alkanes of at least 4 members (excludes halogenated alkanes) is 3. The van der Waals surface area contributed by atoms with Gasteiger partial charge in [-0.2, -0.15) is 0 Å². The topological polar surface area (TPSA) is 29.5 Å². The summed E-state index contributed by atoms with van der Waals surface area (Å²) in [7, 11) is 0. The predicted octanol–water partition coefficient (Wildman–Crippen LogP) is 5.99. The standard InChI is InChI=1S/C23H34O2/c1-4-5-6-8-13-20(14-18(2)3)22-17-25-16-21(22)15-23(24)19-11-9-7-10-12-19/h7,9-12,21,23-24H,2,4-6,8,13-17H2,1,3H3/b22-20+. The van der Waals surface area contributed by atoms with Gasteiger partial charge in [-0.1, -0.05) is 74.2 Å². The lowest BCUT2D eigenvalue weighted by Crippen LogP contribution is -2.11. The van der Waals surface area contributed by atoms with E-state index in [4.69, 9.17) is 4.74 Å². The Hall–Kier alpha value is -1.38. The molecule has 1 N–H and O–H groups in total. The van der Waals surface area contributed by atoms with Gasteiger partial charge in [0, 0.05) is 5.92 Å². The highest BCUT2D eigenvalue weighted by Gasteiger charge is 2.27. The predicted molar refractivity (Wildman–Crippen MR) is 106 cm³/mol. The highest BCUT2D eigenvalue weighted by atomic mass is 16.5. The Kier molecular flexibility index (Phi) is 8.43. The molecule has 1 aliphatic rings. The number of aliphatic hydroxyl groups is 1. The number of hydrogen-bond acceptors (Lipinski definition) is 2. The Morgan fingerprint density at radius 2 is 2.00 bits per heavy atom. The summed E-state index contributed by atoms with van der Waals surface area (Å²) in [5, 5.41) is 10.6. The fourth-order valence-electron chi connectivity index (χ4n) is 3.70. The Balaban J connectivity index is 2.07. The van der Waals surface area contributed by atoms with Crippen molar-refractivity contribution >= 4 is 0 Å². The smallest absolute Gasteiger partial charge is 0.0796 e. The molecule has 0 aromatic heterocycles. The fourth-order valence-corrected chi connectivity index (χ4v) is 3.70. The number of benzene rings is 1. The van der Waals surface area contributed by atoms with Crippen molar-refractivity contribution in [3.05, 3.63) is 59.2 Å². The van der Waals surface area contributed by atoms with Crippen LogP contribution in [0.3, 0.4) is 0 Å². The summed E-state index contributed by atoms with van der Waals surface area (Å²) in [4.78, 5) is 0. The second-order valence-electron chi connectivity index (χ2n) is 7.45. The zero-order valence-corrected chi connectivity index (χ0v) is 16.0. The van der Waals surface area contributed by atoms with Crippen molar-refractivity contribution in [2.24, 2.45) is 5.92 Å². The molecule has 1 saturated heterocycles. The van der Waals surface area contributed by atoms with Crippen LogP contribution >= 0.6 is 0 Å². The molecule has 25 heavy (non-hydrogen) atoms. The van der Waals surface area contributed by atoms with Gasteiger partial charge < -0.3 is 9.84 Å². The van der Waals surface area contributed by atoms with Crippen molar-refractivity contribution < 1.29 is 9.84 Å². The summed E-state index contributed by atoms with van der Waals surface area (Å²) in [5.41, 5.74) is 5.14. The molecular weight excluding hydrogens is 308 g/mol. The molecular formula is C23H34O2. The molecule has 0 spiro atoms. The monoisotopic (exact) mass is 342 g/mol. The molecule has 0 radical (unpaired) electrons. The minimum atomic E-state index is -0.422. The first kappa shape index (κ1) is 19.9. The van der Waals surface area contributed by atoms with Gasteiger partial charge in [-0.15, -0.1) is 0 Å². The van der Waals surface area contributed by atoms with Crippen LogP contribution in [0.15, 0.2) is 53.6 Å². The molecule has 1 aromatic carbocycles. The van der Waals surface area contributed by atoms with Gasteiger partial charge in [-0.25, -0.2) is 0 Å². The molecule has 2 atom stereocenters. The Morgan fingerprint density at radius 1 is 1.24 bits per heavy atom. The van der Waals surface area contributed by atoms with Crippen LogP contribution in [-0.4, -0.2) is 18.3 Å². The van der Waals surface area contributed by atoms with Crippen LogP contribution < -0.4 is 0 Å². The number of ether oxygens (including phenoxy) is 1. The van der Waals surface area contributed by atoms with E-state index in [0.29, 0.717) is 5.92 Å². The fraction of sp³-hybridized carbons (Fsp3) is 0.565. The third-order valence-corrected chi connectivity index (χ3v) is 5.06. The molecule has 2 heteroatoms. The number of rotatable bonds is 10. The molecule has 0 aliphatic carbocycles. The molecule has 0 saturated carbocycles. The summed E-state index contributed by atoms with van der Waals surface area (Å²) in [6.07, 6.45) is 7.55. The van der Waals surface area contributed by atoms with E-state index in [1.165, 1.54) is 42.4 Å². The average molecular weight is 343 g/mol. The zero-order chi connectivity index (χ0) is 18.1. The third kappa shape index (κ3) is 6.45. The highest BCUT2D eigenvalue weighted by molar-refractivity contribution is 5.25. The van der Waals surface area contributed by atoms with Crippen LogP contribution in [0.5, 0.6) is 0 Å². The lowest BCUT2D eigenvalue weighted by atomic mass is 9.86. The molecule has 0 bridgehead atoms. The average Bonchev–Trinajstić information content (AvgIpc) is 3.06.